The van der Waals surface area contributed by atoms with E-state index >= 15 is 0 Å². The number of aldehydes is 1. The van der Waals surface area contributed by atoms with Crippen molar-refractivity contribution in [3.05, 3.63) is 11.8 Å². The largest absolute Gasteiger partial charge is 0.417 e. The van der Waals surface area contributed by atoms with Gasteiger partial charge in [-0.1, -0.05) is 20.8 Å². The molecule has 0 spiro atoms. The molecule has 72 valence electrons. The maximum atomic E-state index is 10.3. The molecular formula is C8H13N3O2. The molecule has 0 saturated carbocycles. The highest BCUT2D eigenvalue weighted by Gasteiger charge is 2.27. The third kappa shape index (κ3) is 2.12. The van der Waals surface area contributed by atoms with Crippen molar-refractivity contribution in [2.24, 2.45) is 11.1 Å². The maximum absolute atomic E-state index is 10.3. The Labute approximate surface area is 76.3 Å². The lowest BCUT2D eigenvalue weighted by Crippen LogP contribution is -2.26. The van der Waals surface area contributed by atoms with Crippen molar-refractivity contribution in [2.75, 3.05) is 0 Å². The Morgan fingerprint density at radius 2 is 2.08 bits per heavy atom. The summed E-state index contributed by atoms with van der Waals surface area (Å²) < 4.78 is 5.01. The molecule has 0 aromatic carbocycles. The van der Waals surface area contributed by atoms with Gasteiger partial charge in [-0.05, 0) is 5.41 Å². The predicted molar refractivity (Wildman–Crippen MR) is 46.1 cm³/mol. The lowest BCUT2D eigenvalue weighted by atomic mass is 9.87. The minimum atomic E-state index is -0.353. The molecule has 0 radical (unpaired) electrons. The van der Waals surface area contributed by atoms with Gasteiger partial charge in [0.2, 0.25) is 12.2 Å². The molecule has 1 heterocycles. The van der Waals surface area contributed by atoms with Crippen LogP contribution >= 0.6 is 0 Å². The van der Waals surface area contributed by atoms with Crippen LogP contribution in [0, 0.1) is 5.41 Å². The fraction of sp³-hybridized carbons (Fsp3) is 0.625. The summed E-state index contributed by atoms with van der Waals surface area (Å²) in [7, 11) is 0. The molecule has 1 aromatic heterocycles. The SMILES string of the molecule is CC(C)(C)[C@@H](N)c1nnc(C=O)o1. The Morgan fingerprint density at radius 1 is 1.46 bits per heavy atom. The molecule has 0 aliphatic carbocycles. The van der Waals surface area contributed by atoms with Crippen molar-refractivity contribution < 1.29 is 9.21 Å². The van der Waals surface area contributed by atoms with Crippen molar-refractivity contribution in [2.45, 2.75) is 26.8 Å². The van der Waals surface area contributed by atoms with Crippen LogP contribution in [0.15, 0.2) is 4.42 Å². The average molecular weight is 183 g/mol. The van der Waals surface area contributed by atoms with Gasteiger partial charge in [0.25, 0.3) is 5.89 Å². The molecule has 2 N–H and O–H groups in total. The van der Waals surface area contributed by atoms with Crippen LogP contribution in [0.25, 0.3) is 0 Å². The topological polar surface area (TPSA) is 82.0 Å². The number of nitrogens with two attached hydrogens (primary N) is 1. The molecular weight excluding hydrogens is 170 g/mol. The number of aromatic nitrogens is 2. The van der Waals surface area contributed by atoms with Crippen molar-refractivity contribution in [1.29, 1.82) is 0 Å². The van der Waals surface area contributed by atoms with E-state index in [-0.39, 0.29) is 17.3 Å². The van der Waals surface area contributed by atoms with Crippen LogP contribution in [0.2, 0.25) is 0 Å². The third-order valence-corrected chi connectivity index (χ3v) is 1.76. The zero-order chi connectivity index (χ0) is 10.1. The Hall–Kier alpha value is -1.23. The van der Waals surface area contributed by atoms with Gasteiger partial charge < -0.3 is 10.2 Å². The van der Waals surface area contributed by atoms with Crippen LogP contribution in [0.5, 0.6) is 0 Å². The quantitative estimate of drug-likeness (QED) is 0.689. The second-order valence-electron chi connectivity index (χ2n) is 3.94. The smallest absolute Gasteiger partial charge is 0.280 e. The molecule has 0 saturated heterocycles. The highest BCUT2D eigenvalue weighted by Crippen LogP contribution is 2.29. The fourth-order valence-electron chi connectivity index (χ4n) is 0.790. The van der Waals surface area contributed by atoms with E-state index in [0.29, 0.717) is 12.2 Å². The Kier molecular flexibility index (Phi) is 2.47. The van der Waals surface area contributed by atoms with E-state index in [1.54, 1.807) is 0 Å². The highest BCUT2D eigenvalue weighted by molar-refractivity contribution is 5.66. The van der Waals surface area contributed by atoms with E-state index in [0.717, 1.165) is 0 Å². The molecule has 0 amide bonds. The van der Waals surface area contributed by atoms with Crippen LogP contribution in [-0.4, -0.2) is 16.5 Å². The second kappa shape index (κ2) is 3.26. The lowest BCUT2D eigenvalue weighted by molar-refractivity contribution is 0.109. The van der Waals surface area contributed by atoms with E-state index in [4.69, 9.17) is 10.2 Å². The normalized spacial score (nSPS) is 14.2. The summed E-state index contributed by atoms with van der Waals surface area (Å²) in [6.07, 6.45) is 0.506. The van der Waals surface area contributed by atoms with Gasteiger partial charge in [-0.25, -0.2) is 0 Å². The highest BCUT2D eigenvalue weighted by atomic mass is 16.4. The first kappa shape index (κ1) is 9.85. The Morgan fingerprint density at radius 3 is 2.46 bits per heavy atom. The van der Waals surface area contributed by atoms with Crippen molar-refractivity contribution >= 4 is 6.29 Å². The number of hydrogen-bond donors (Lipinski definition) is 1. The maximum Gasteiger partial charge on any atom is 0.280 e. The molecule has 0 unspecified atom stereocenters. The summed E-state index contributed by atoms with van der Waals surface area (Å²) in [6, 6.07) is -0.353. The summed E-state index contributed by atoms with van der Waals surface area (Å²) in [6.45, 7) is 5.88. The van der Waals surface area contributed by atoms with Crippen LogP contribution in [-0.2, 0) is 0 Å². The minimum absolute atomic E-state index is 0.0327. The van der Waals surface area contributed by atoms with E-state index < -0.39 is 0 Å². The zero-order valence-corrected chi connectivity index (χ0v) is 7.94. The number of carbonyl (C=O) groups is 1. The predicted octanol–water partition coefficient (Wildman–Crippen LogP) is 0.928. The number of nitrogens with zero attached hydrogens (tertiary/aromatic N) is 2. The molecule has 0 bridgehead atoms. The monoisotopic (exact) mass is 183 g/mol. The summed E-state index contributed by atoms with van der Waals surface area (Å²) in [5.74, 6) is 0.268. The van der Waals surface area contributed by atoms with Gasteiger partial charge in [-0.3, -0.25) is 4.79 Å². The molecule has 0 fully saturated rings. The molecule has 1 atom stereocenters. The summed E-state index contributed by atoms with van der Waals surface area (Å²) in [5.41, 5.74) is 5.67. The Bertz CT molecular complexity index is 301. The third-order valence-electron chi connectivity index (χ3n) is 1.76. The van der Waals surface area contributed by atoms with Crippen molar-refractivity contribution in [3.63, 3.8) is 0 Å². The first-order valence-corrected chi connectivity index (χ1v) is 3.99. The first-order chi connectivity index (χ1) is 5.95. The van der Waals surface area contributed by atoms with Crippen molar-refractivity contribution in [3.8, 4) is 0 Å². The molecule has 0 aliphatic rings. The van der Waals surface area contributed by atoms with Gasteiger partial charge in [0.15, 0.2) is 0 Å². The van der Waals surface area contributed by atoms with Crippen molar-refractivity contribution in [1.82, 2.24) is 10.2 Å². The molecule has 5 heteroatoms. The standard InChI is InChI=1S/C8H13N3O2/c1-8(2,3)6(9)7-11-10-5(4-12)13-7/h4,6H,9H2,1-3H3/t6-/m0/s1. The molecule has 0 aliphatic heterocycles. The summed E-state index contributed by atoms with van der Waals surface area (Å²) >= 11 is 0. The summed E-state index contributed by atoms with van der Waals surface area (Å²) in [5, 5.41) is 7.19. The summed E-state index contributed by atoms with van der Waals surface area (Å²) in [4.78, 5) is 10.3. The van der Waals surface area contributed by atoms with Gasteiger partial charge in [0, 0.05) is 0 Å². The van der Waals surface area contributed by atoms with Crippen LogP contribution in [0.1, 0.15) is 43.4 Å². The second-order valence-corrected chi connectivity index (χ2v) is 3.94. The number of carbonyl (C=O) groups excluding carboxylic acids is 1. The fourth-order valence-corrected chi connectivity index (χ4v) is 0.790. The molecule has 1 rings (SSSR count). The Balaban J connectivity index is 2.89. The van der Waals surface area contributed by atoms with E-state index in [1.165, 1.54) is 0 Å². The van der Waals surface area contributed by atoms with Crippen LogP contribution in [0.3, 0.4) is 0 Å². The van der Waals surface area contributed by atoms with Crippen LogP contribution < -0.4 is 5.73 Å². The number of rotatable bonds is 2. The van der Waals surface area contributed by atoms with E-state index in [9.17, 15) is 4.79 Å². The lowest BCUT2D eigenvalue weighted by Gasteiger charge is -2.23. The number of hydrogen-bond acceptors (Lipinski definition) is 5. The van der Waals surface area contributed by atoms with Gasteiger partial charge >= 0.3 is 0 Å². The molecule has 5 nitrogen and oxygen atoms in total. The molecule has 1 aromatic rings. The molecule has 13 heavy (non-hydrogen) atoms. The van der Waals surface area contributed by atoms with E-state index in [2.05, 4.69) is 10.2 Å². The van der Waals surface area contributed by atoms with E-state index in [1.807, 2.05) is 20.8 Å². The zero-order valence-electron chi connectivity index (χ0n) is 7.94. The van der Waals surface area contributed by atoms with Gasteiger partial charge in [-0.2, -0.15) is 0 Å². The van der Waals surface area contributed by atoms with Crippen LogP contribution in [0.4, 0.5) is 0 Å². The van der Waals surface area contributed by atoms with Gasteiger partial charge in [0.1, 0.15) is 0 Å². The first-order valence-electron chi connectivity index (χ1n) is 3.99. The van der Waals surface area contributed by atoms with Gasteiger partial charge in [0.05, 0.1) is 6.04 Å². The average Bonchev–Trinajstić information content (AvgIpc) is 2.48. The van der Waals surface area contributed by atoms with Gasteiger partial charge in [-0.15, -0.1) is 10.2 Å². The minimum Gasteiger partial charge on any atom is -0.417 e.